The van der Waals surface area contributed by atoms with Crippen LogP contribution in [-0.2, 0) is 0 Å². The van der Waals surface area contributed by atoms with E-state index in [0.29, 0.717) is 0 Å². The second-order valence-corrected chi connectivity index (χ2v) is 3.64. The fourth-order valence-corrected chi connectivity index (χ4v) is 1.67. The maximum atomic E-state index is 5.75. The van der Waals surface area contributed by atoms with Crippen LogP contribution in [0, 0.1) is 0 Å². The molecule has 66 valence electrons. The van der Waals surface area contributed by atoms with Crippen molar-refractivity contribution in [2.45, 2.75) is 11.8 Å². The van der Waals surface area contributed by atoms with Crippen LogP contribution in [0.15, 0.2) is 23.1 Å². The van der Waals surface area contributed by atoms with Gasteiger partial charge in [0.1, 0.15) is 5.75 Å². The molecule has 0 heterocycles. The molecule has 0 radical (unpaired) electrons. The first-order valence-electron chi connectivity index (χ1n) is 3.84. The van der Waals surface area contributed by atoms with E-state index in [9.17, 15) is 0 Å². The number of benzene rings is 1. The van der Waals surface area contributed by atoms with Crippen LogP contribution < -0.4 is 10.5 Å². The molecule has 0 saturated heterocycles. The van der Waals surface area contributed by atoms with Gasteiger partial charge in [0.25, 0.3) is 0 Å². The van der Waals surface area contributed by atoms with Crippen LogP contribution in [0.5, 0.6) is 5.75 Å². The van der Waals surface area contributed by atoms with E-state index in [1.165, 1.54) is 0 Å². The van der Waals surface area contributed by atoms with E-state index in [1.54, 1.807) is 18.9 Å². The maximum absolute atomic E-state index is 5.75. The van der Waals surface area contributed by atoms with Crippen molar-refractivity contribution in [3.8, 4) is 5.75 Å². The molecule has 2 N–H and O–H groups in total. The zero-order valence-electron chi connectivity index (χ0n) is 7.33. The van der Waals surface area contributed by atoms with E-state index in [1.807, 2.05) is 18.2 Å². The van der Waals surface area contributed by atoms with Crippen LogP contribution in [0.2, 0.25) is 0 Å². The Bertz CT molecular complexity index is 263. The quantitative estimate of drug-likeness (QED) is 0.577. The van der Waals surface area contributed by atoms with Gasteiger partial charge in [0, 0.05) is 10.6 Å². The molecule has 3 heteroatoms. The largest absolute Gasteiger partial charge is 0.497 e. The Morgan fingerprint density at radius 1 is 1.50 bits per heavy atom. The van der Waals surface area contributed by atoms with Crippen molar-refractivity contribution in [2.24, 2.45) is 0 Å². The highest BCUT2D eigenvalue weighted by Crippen LogP contribution is 2.28. The second kappa shape index (κ2) is 4.26. The Balaban J connectivity index is 2.91. The maximum Gasteiger partial charge on any atom is 0.120 e. The lowest BCUT2D eigenvalue weighted by molar-refractivity contribution is 0.414. The minimum absolute atomic E-state index is 0.822. The fraction of sp³-hybridized carbons (Fsp3) is 0.333. The molecule has 1 aromatic carbocycles. The number of hydrogen-bond donors (Lipinski definition) is 1. The van der Waals surface area contributed by atoms with Crippen molar-refractivity contribution in [1.82, 2.24) is 0 Å². The van der Waals surface area contributed by atoms with Crippen LogP contribution in [0.3, 0.4) is 0 Å². The first-order valence-corrected chi connectivity index (χ1v) is 4.82. The van der Waals surface area contributed by atoms with E-state index >= 15 is 0 Å². The molecule has 0 saturated carbocycles. The summed E-state index contributed by atoms with van der Waals surface area (Å²) < 4.78 is 5.09. The normalized spacial score (nSPS) is 9.83. The zero-order valence-corrected chi connectivity index (χ0v) is 8.15. The van der Waals surface area contributed by atoms with E-state index < -0.39 is 0 Å². The highest BCUT2D eigenvalue weighted by molar-refractivity contribution is 7.99. The highest BCUT2D eigenvalue weighted by atomic mass is 32.2. The van der Waals surface area contributed by atoms with Crippen molar-refractivity contribution in [1.29, 1.82) is 0 Å². The Morgan fingerprint density at radius 2 is 2.25 bits per heavy atom. The molecular weight excluding hydrogens is 170 g/mol. The fourth-order valence-electron chi connectivity index (χ4n) is 0.922. The smallest absolute Gasteiger partial charge is 0.120 e. The van der Waals surface area contributed by atoms with E-state index in [-0.39, 0.29) is 0 Å². The average molecular weight is 183 g/mol. The third-order valence-corrected chi connectivity index (χ3v) is 2.47. The molecular formula is C9H13NOS. The van der Waals surface area contributed by atoms with Gasteiger partial charge in [-0.2, -0.15) is 0 Å². The molecule has 0 spiro atoms. The van der Waals surface area contributed by atoms with Gasteiger partial charge in [-0.25, -0.2) is 0 Å². The molecule has 1 rings (SSSR count). The first-order chi connectivity index (χ1) is 5.77. The van der Waals surface area contributed by atoms with Gasteiger partial charge < -0.3 is 10.5 Å². The van der Waals surface area contributed by atoms with Crippen LogP contribution in [0.1, 0.15) is 6.92 Å². The number of anilines is 1. The molecule has 1 aromatic rings. The molecule has 0 unspecified atom stereocenters. The van der Waals surface area contributed by atoms with Crippen molar-refractivity contribution in [2.75, 3.05) is 18.6 Å². The monoisotopic (exact) mass is 183 g/mol. The molecule has 0 amide bonds. The average Bonchev–Trinajstić information content (AvgIpc) is 2.09. The lowest BCUT2D eigenvalue weighted by Crippen LogP contribution is -1.90. The number of ether oxygens (including phenoxy) is 1. The summed E-state index contributed by atoms with van der Waals surface area (Å²) in [7, 11) is 1.66. The molecule has 0 aliphatic carbocycles. The second-order valence-electron chi connectivity index (χ2n) is 2.34. The molecule has 0 atom stereocenters. The third kappa shape index (κ3) is 2.08. The Hall–Kier alpha value is -0.830. The van der Waals surface area contributed by atoms with E-state index in [2.05, 4.69) is 6.92 Å². The van der Waals surface area contributed by atoms with Crippen molar-refractivity contribution >= 4 is 17.4 Å². The molecule has 0 bridgehead atoms. The van der Waals surface area contributed by atoms with Crippen LogP contribution in [-0.4, -0.2) is 12.9 Å². The van der Waals surface area contributed by atoms with Gasteiger partial charge in [-0.1, -0.05) is 6.92 Å². The van der Waals surface area contributed by atoms with E-state index in [4.69, 9.17) is 10.5 Å². The van der Waals surface area contributed by atoms with Gasteiger partial charge >= 0.3 is 0 Å². The number of nitrogen functional groups attached to an aromatic ring is 1. The van der Waals surface area contributed by atoms with Crippen LogP contribution in [0.25, 0.3) is 0 Å². The molecule has 2 nitrogen and oxygen atoms in total. The Labute approximate surface area is 77.1 Å². The van der Waals surface area contributed by atoms with Crippen molar-refractivity contribution in [3.05, 3.63) is 18.2 Å². The van der Waals surface area contributed by atoms with Gasteiger partial charge in [0.15, 0.2) is 0 Å². The number of nitrogens with two attached hydrogens (primary N) is 1. The summed E-state index contributed by atoms with van der Waals surface area (Å²) in [6.07, 6.45) is 0. The molecule has 12 heavy (non-hydrogen) atoms. The molecule has 0 aliphatic rings. The van der Waals surface area contributed by atoms with Crippen molar-refractivity contribution in [3.63, 3.8) is 0 Å². The number of methoxy groups -OCH3 is 1. The summed E-state index contributed by atoms with van der Waals surface area (Å²) in [5, 5.41) is 0. The topological polar surface area (TPSA) is 35.2 Å². The minimum Gasteiger partial charge on any atom is -0.497 e. The lowest BCUT2D eigenvalue weighted by atomic mass is 10.3. The molecule has 0 aromatic heterocycles. The van der Waals surface area contributed by atoms with Crippen LogP contribution in [0.4, 0.5) is 5.69 Å². The van der Waals surface area contributed by atoms with Gasteiger partial charge in [0.05, 0.1) is 7.11 Å². The summed E-state index contributed by atoms with van der Waals surface area (Å²) in [6, 6.07) is 5.70. The van der Waals surface area contributed by atoms with E-state index in [0.717, 1.165) is 22.1 Å². The third-order valence-electron chi connectivity index (χ3n) is 1.52. The summed E-state index contributed by atoms with van der Waals surface area (Å²) in [5.74, 6) is 1.89. The van der Waals surface area contributed by atoms with Gasteiger partial charge in [-0.3, -0.25) is 0 Å². The number of hydrogen-bond acceptors (Lipinski definition) is 3. The van der Waals surface area contributed by atoms with Crippen LogP contribution >= 0.6 is 11.8 Å². The number of thioether (sulfide) groups is 1. The summed E-state index contributed by atoms with van der Waals surface area (Å²) in [4.78, 5) is 1.09. The van der Waals surface area contributed by atoms with Gasteiger partial charge in [0.2, 0.25) is 0 Å². The van der Waals surface area contributed by atoms with Crippen molar-refractivity contribution < 1.29 is 4.74 Å². The summed E-state index contributed by atoms with van der Waals surface area (Å²) in [5.41, 5.74) is 6.58. The number of rotatable bonds is 3. The minimum atomic E-state index is 0.822. The van der Waals surface area contributed by atoms with Gasteiger partial charge in [-0.05, 0) is 24.0 Å². The van der Waals surface area contributed by atoms with Gasteiger partial charge in [-0.15, -0.1) is 11.8 Å². The SMILES string of the molecule is CCSc1cc(OC)ccc1N. The first kappa shape index (κ1) is 9.26. The lowest BCUT2D eigenvalue weighted by Gasteiger charge is -2.05. The zero-order chi connectivity index (χ0) is 8.97. The summed E-state index contributed by atoms with van der Waals surface area (Å²) >= 11 is 1.73. The molecule has 0 fully saturated rings. The standard InChI is InChI=1S/C9H13NOS/c1-3-12-9-6-7(11-2)4-5-8(9)10/h4-6H,3,10H2,1-2H3. The predicted octanol–water partition coefficient (Wildman–Crippen LogP) is 2.39. The summed E-state index contributed by atoms with van der Waals surface area (Å²) in [6.45, 7) is 2.10. The predicted molar refractivity (Wildman–Crippen MR) is 53.8 cm³/mol. The Kier molecular flexibility index (Phi) is 3.29. The highest BCUT2D eigenvalue weighted by Gasteiger charge is 1.99. The Morgan fingerprint density at radius 3 is 2.83 bits per heavy atom. The molecule has 0 aliphatic heterocycles.